The molecule has 63 heavy (non-hydrogen) atoms. The Hall–Kier alpha value is -6.06. The predicted octanol–water partition coefficient (Wildman–Crippen LogP) is 17.8. The van der Waals surface area contributed by atoms with E-state index in [1.807, 2.05) is 6.07 Å². The fourth-order valence-corrected chi connectivity index (χ4v) is 9.84. The maximum atomic E-state index is 6.58. The van der Waals surface area contributed by atoms with E-state index >= 15 is 0 Å². The van der Waals surface area contributed by atoms with Crippen LogP contribution in [0.1, 0.15) is 115 Å². The van der Waals surface area contributed by atoms with E-state index in [4.69, 9.17) is 4.42 Å². The molecule has 1 aromatic heterocycles. The first kappa shape index (κ1) is 42.3. The van der Waals surface area contributed by atoms with Crippen LogP contribution in [0, 0.1) is 13.8 Å². The largest absolute Gasteiger partial charge is 0.456 e. The van der Waals surface area contributed by atoms with E-state index in [1.54, 1.807) is 0 Å². The molecule has 320 valence electrons. The van der Waals surface area contributed by atoms with Gasteiger partial charge in [-0.3, -0.25) is 0 Å². The molecule has 1 heterocycles. The van der Waals surface area contributed by atoms with Gasteiger partial charge in [-0.1, -0.05) is 142 Å². The number of aryl methyl sites for hydroxylation is 2. The highest BCUT2D eigenvalue weighted by atomic mass is 16.3. The first-order valence-corrected chi connectivity index (χ1v) is 22.9. The second-order valence-corrected chi connectivity index (χ2v) is 21.6. The van der Waals surface area contributed by atoms with Gasteiger partial charge in [-0.15, -0.1) is 0 Å². The third-order valence-corrected chi connectivity index (χ3v) is 13.8. The second kappa shape index (κ2) is 15.3. The molecule has 9 rings (SSSR count). The van der Waals surface area contributed by atoms with Crippen molar-refractivity contribution < 1.29 is 4.42 Å². The Labute approximate surface area is 376 Å². The van der Waals surface area contributed by atoms with Crippen LogP contribution in [0.5, 0.6) is 0 Å². The Bertz CT molecular complexity index is 3000. The van der Waals surface area contributed by atoms with Crippen LogP contribution in [-0.2, 0) is 21.7 Å². The molecular formula is C60H64N2O. The van der Waals surface area contributed by atoms with E-state index in [0.29, 0.717) is 0 Å². The molecular weight excluding hydrogens is 765 g/mol. The molecule has 0 spiro atoms. The zero-order valence-corrected chi connectivity index (χ0v) is 39.6. The van der Waals surface area contributed by atoms with Crippen molar-refractivity contribution in [2.24, 2.45) is 0 Å². The Morgan fingerprint density at radius 2 is 1.02 bits per heavy atom. The molecule has 0 fully saturated rings. The average Bonchev–Trinajstić information content (AvgIpc) is 3.61. The van der Waals surface area contributed by atoms with Gasteiger partial charge in [0.25, 0.3) is 0 Å². The molecule has 0 bridgehead atoms. The summed E-state index contributed by atoms with van der Waals surface area (Å²) in [6.45, 7) is 28.0. The molecule has 1 aliphatic carbocycles. The van der Waals surface area contributed by atoms with Gasteiger partial charge in [-0.2, -0.15) is 0 Å². The lowest BCUT2D eigenvalue weighted by Crippen LogP contribution is -2.34. The first-order valence-electron chi connectivity index (χ1n) is 22.9. The summed E-state index contributed by atoms with van der Waals surface area (Å²) in [6.07, 6.45) is 2.34. The molecule has 1 aliphatic rings. The Kier molecular flexibility index (Phi) is 10.3. The number of hydrogen-bond donors (Lipinski definition) is 0. The topological polar surface area (TPSA) is 19.6 Å². The van der Waals surface area contributed by atoms with Crippen LogP contribution in [0.15, 0.2) is 150 Å². The van der Waals surface area contributed by atoms with E-state index in [-0.39, 0.29) is 21.7 Å². The van der Waals surface area contributed by atoms with Gasteiger partial charge in [0.1, 0.15) is 11.2 Å². The average molecular weight is 829 g/mol. The van der Waals surface area contributed by atoms with Crippen LogP contribution >= 0.6 is 0 Å². The Balaban J connectivity index is 1.31. The van der Waals surface area contributed by atoms with Crippen LogP contribution in [-0.4, -0.2) is 0 Å². The van der Waals surface area contributed by atoms with Crippen molar-refractivity contribution in [1.29, 1.82) is 0 Å². The molecule has 0 radical (unpaired) electrons. The highest BCUT2D eigenvalue weighted by Crippen LogP contribution is 2.50. The van der Waals surface area contributed by atoms with Gasteiger partial charge in [-0.25, -0.2) is 0 Å². The summed E-state index contributed by atoms with van der Waals surface area (Å²) < 4.78 is 6.58. The van der Waals surface area contributed by atoms with Crippen LogP contribution < -0.4 is 9.80 Å². The minimum Gasteiger partial charge on any atom is -0.456 e. The van der Waals surface area contributed by atoms with Crippen LogP contribution in [0.3, 0.4) is 0 Å². The first-order chi connectivity index (χ1) is 29.8. The number of furan rings is 1. The summed E-state index contributed by atoms with van der Waals surface area (Å²) in [6, 6.07) is 54.4. The van der Waals surface area contributed by atoms with Crippen molar-refractivity contribution in [2.45, 2.75) is 118 Å². The van der Waals surface area contributed by atoms with E-state index in [1.165, 1.54) is 62.3 Å². The van der Waals surface area contributed by atoms with Gasteiger partial charge < -0.3 is 14.2 Å². The van der Waals surface area contributed by atoms with Gasteiger partial charge in [-0.05, 0) is 154 Å². The molecule has 0 N–H and O–H groups in total. The lowest BCUT2D eigenvalue weighted by Gasteiger charge is -2.42. The summed E-state index contributed by atoms with van der Waals surface area (Å²) in [5, 5.41) is 2.24. The van der Waals surface area contributed by atoms with E-state index < -0.39 is 0 Å². The summed E-state index contributed by atoms with van der Waals surface area (Å²) in [7, 11) is 0. The van der Waals surface area contributed by atoms with Crippen LogP contribution in [0.2, 0.25) is 0 Å². The van der Waals surface area contributed by atoms with Crippen LogP contribution in [0.4, 0.5) is 34.1 Å². The zero-order chi connectivity index (χ0) is 44.6. The molecule has 7 aromatic carbocycles. The third kappa shape index (κ3) is 7.86. The second-order valence-electron chi connectivity index (χ2n) is 21.6. The normalized spacial score (nSPS) is 14.8. The summed E-state index contributed by atoms with van der Waals surface area (Å²) in [5.41, 5.74) is 19.0. The van der Waals surface area contributed by atoms with E-state index in [2.05, 4.69) is 232 Å². The Morgan fingerprint density at radius 3 is 1.68 bits per heavy atom. The van der Waals surface area contributed by atoms with Gasteiger partial charge in [0.15, 0.2) is 0 Å². The predicted molar refractivity (Wildman–Crippen MR) is 271 cm³/mol. The molecule has 0 unspecified atom stereocenters. The summed E-state index contributed by atoms with van der Waals surface area (Å²) in [4.78, 5) is 4.96. The van der Waals surface area contributed by atoms with Crippen molar-refractivity contribution in [3.63, 3.8) is 0 Å². The van der Waals surface area contributed by atoms with Gasteiger partial charge >= 0.3 is 0 Å². The number of nitrogens with zero attached hydrogens (tertiary/aromatic N) is 2. The molecule has 3 nitrogen and oxygen atoms in total. The van der Waals surface area contributed by atoms with Crippen molar-refractivity contribution >= 4 is 56.1 Å². The molecule has 0 saturated carbocycles. The number of hydrogen-bond acceptors (Lipinski definition) is 3. The quantitative estimate of drug-likeness (QED) is 0.160. The summed E-state index contributed by atoms with van der Waals surface area (Å²) >= 11 is 0. The lowest BCUT2D eigenvalue weighted by molar-refractivity contribution is 0.332. The number of fused-ring (bicyclic) bond motifs is 4. The lowest BCUT2D eigenvalue weighted by atomic mass is 9.63. The number of benzene rings is 7. The maximum absolute atomic E-state index is 6.58. The molecule has 8 aromatic rings. The van der Waals surface area contributed by atoms with Crippen molar-refractivity contribution in [2.75, 3.05) is 9.80 Å². The number of para-hydroxylation sites is 1. The number of rotatable bonds is 7. The van der Waals surface area contributed by atoms with Crippen molar-refractivity contribution in [3.05, 3.63) is 179 Å². The molecule has 3 heteroatoms. The molecule has 0 aliphatic heterocycles. The standard InChI is InChI=1S/C60H64N2O/c1-39-32-46(61(53-28-22-42(34-40(53)2)57(3,4)5)44-25-27-51-52(37-44)60(11,12)31-30-59(51,9)10)36-47(33-39)62(45-24-26-49-48-20-16-17-21-55(48)63-56(49)38-45)54-29-23-43(58(6,7)8)35-50(54)41-18-14-13-15-19-41/h13-29,32-38H,30-31H2,1-12H3. The SMILES string of the molecule is Cc1cc(N(c2ccc3c(c2)C(C)(C)CCC3(C)C)c2ccc(C(C)(C)C)cc2C)cc(N(c2ccc3c(c2)oc2ccccc23)c2ccc(C(C)(C)C)cc2-c2ccccc2)c1. The minimum atomic E-state index is -0.0316. The van der Waals surface area contributed by atoms with Gasteiger partial charge in [0.2, 0.25) is 0 Å². The fourth-order valence-electron chi connectivity index (χ4n) is 9.84. The van der Waals surface area contributed by atoms with Crippen molar-refractivity contribution in [3.8, 4) is 11.1 Å². The van der Waals surface area contributed by atoms with Crippen LogP contribution in [0.25, 0.3) is 33.1 Å². The van der Waals surface area contributed by atoms with E-state index in [9.17, 15) is 0 Å². The molecule has 0 atom stereocenters. The number of anilines is 6. The summed E-state index contributed by atoms with van der Waals surface area (Å²) in [5.74, 6) is 0. The fraction of sp³-hybridized carbons (Fsp3) is 0.300. The molecule has 0 amide bonds. The maximum Gasteiger partial charge on any atom is 0.137 e. The third-order valence-electron chi connectivity index (χ3n) is 13.8. The monoisotopic (exact) mass is 829 g/mol. The minimum absolute atomic E-state index is 0.0316. The highest BCUT2D eigenvalue weighted by Gasteiger charge is 2.37. The highest BCUT2D eigenvalue weighted by molar-refractivity contribution is 6.06. The van der Waals surface area contributed by atoms with E-state index in [0.717, 1.165) is 51.1 Å². The van der Waals surface area contributed by atoms with Gasteiger partial charge in [0.05, 0.1) is 5.69 Å². The smallest absolute Gasteiger partial charge is 0.137 e. The Morgan fingerprint density at radius 1 is 0.460 bits per heavy atom. The molecule has 0 saturated heterocycles. The zero-order valence-electron chi connectivity index (χ0n) is 39.6. The van der Waals surface area contributed by atoms with Gasteiger partial charge in [0, 0.05) is 50.8 Å². The van der Waals surface area contributed by atoms with Crippen molar-refractivity contribution in [1.82, 2.24) is 0 Å².